The van der Waals surface area contributed by atoms with Gasteiger partial charge < -0.3 is 5.73 Å². The number of hydrogen-bond acceptors (Lipinski definition) is 1. The highest BCUT2D eigenvalue weighted by atomic mass is 35.5. The van der Waals surface area contributed by atoms with Crippen LogP contribution in [0.5, 0.6) is 0 Å². The molecular weight excluding hydrogens is 272 g/mol. The molecule has 102 valence electrons. The lowest BCUT2D eigenvalue weighted by Crippen LogP contribution is -2.33. The molecule has 0 aliphatic rings. The predicted octanol–water partition coefficient (Wildman–Crippen LogP) is 5.13. The van der Waals surface area contributed by atoms with E-state index in [9.17, 15) is 4.39 Å². The highest BCUT2D eigenvalue weighted by molar-refractivity contribution is 6.35. The van der Waals surface area contributed by atoms with E-state index in [1.165, 1.54) is 12.1 Å². The van der Waals surface area contributed by atoms with Gasteiger partial charge in [0.05, 0.1) is 5.02 Å². The van der Waals surface area contributed by atoms with E-state index in [-0.39, 0.29) is 5.02 Å². The van der Waals surface area contributed by atoms with Crippen LogP contribution in [0.25, 0.3) is 0 Å². The van der Waals surface area contributed by atoms with Gasteiger partial charge in [-0.05, 0) is 37.0 Å². The summed E-state index contributed by atoms with van der Waals surface area (Å²) in [7, 11) is 0. The molecule has 1 aromatic rings. The molecule has 2 N–H and O–H groups in total. The zero-order chi connectivity index (χ0) is 13.9. The first-order valence-electron chi connectivity index (χ1n) is 6.18. The molecule has 0 bridgehead atoms. The topological polar surface area (TPSA) is 26.0 Å². The lowest BCUT2D eigenvalue weighted by molar-refractivity contribution is 0.404. The Morgan fingerprint density at radius 2 is 1.89 bits per heavy atom. The van der Waals surface area contributed by atoms with Crippen molar-refractivity contribution in [3.05, 3.63) is 33.6 Å². The van der Waals surface area contributed by atoms with Crippen molar-refractivity contribution in [3.63, 3.8) is 0 Å². The Bertz CT molecular complexity index is 417. The molecule has 0 fully saturated rings. The fourth-order valence-electron chi connectivity index (χ4n) is 1.97. The first kappa shape index (κ1) is 15.7. The second kappa shape index (κ2) is 6.23. The molecule has 4 heteroatoms. The Morgan fingerprint density at radius 1 is 1.28 bits per heavy atom. The number of rotatable bonds is 5. The average Bonchev–Trinajstić information content (AvgIpc) is 2.22. The molecule has 0 amide bonds. The minimum Gasteiger partial charge on any atom is -0.322 e. The fraction of sp³-hybridized carbons (Fsp3) is 0.571. The molecule has 0 saturated carbocycles. The minimum absolute atomic E-state index is 0.0294. The van der Waals surface area contributed by atoms with Crippen LogP contribution in [0.15, 0.2) is 12.1 Å². The molecule has 0 aliphatic heterocycles. The third-order valence-corrected chi connectivity index (χ3v) is 3.71. The minimum atomic E-state index is -0.628. The summed E-state index contributed by atoms with van der Waals surface area (Å²) in [6, 6.07) is 2.77. The van der Waals surface area contributed by atoms with E-state index in [4.69, 9.17) is 28.9 Å². The second-order valence-electron chi connectivity index (χ2n) is 5.45. The molecular formula is C14H20Cl2FN. The highest BCUT2D eigenvalue weighted by Crippen LogP contribution is 2.33. The average molecular weight is 292 g/mol. The van der Waals surface area contributed by atoms with Gasteiger partial charge in [0.25, 0.3) is 0 Å². The molecule has 1 unspecified atom stereocenters. The summed E-state index contributed by atoms with van der Waals surface area (Å²) in [5.74, 6) is 0.162. The van der Waals surface area contributed by atoms with Crippen LogP contribution in [0.3, 0.4) is 0 Å². The van der Waals surface area contributed by atoms with Crippen molar-refractivity contribution in [1.29, 1.82) is 0 Å². The summed E-state index contributed by atoms with van der Waals surface area (Å²) in [6.07, 6.45) is 2.86. The summed E-state index contributed by atoms with van der Waals surface area (Å²) in [4.78, 5) is 0. The van der Waals surface area contributed by atoms with Crippen molar-refractivity contribution in [2.45, 2.75) is 45.6 Å². The van der Waals surface area contributed by atoms with Gasteiger partial charge >= 0.3 is 0 Å². The normalized spacial score (nSPS) is 14.9. The monoisotopic (exact) mass is 291 g/mol. The van der Waals surface area contributed by atoms with Crippen LogP contribution in [-0.2, 0) is 5.54 Å². The molecule has 18 heavy (non-hydrogen) atoms. The quantitative estimate of drug-likeness (QED) is 0.748. The van der Waals surface area contributed by atoms with E-state index in [0.717, 1.165) is 19.3 Å². The van der Waals surface area contributed by atoms with Crippen LogP contribution < -0.4 is 5.73 Å². The van der Waals surface area contributed by atoms with Crippen molar-refractivity contribution in [2.75, 3.05) is 0 Å². The van der Waals surface area contributed by atoms with E-state index in [2.05, 4.69) is 13.8 Å². The Labute approximate surface area is 118 Å². The highest BCUT2D eigenvalue weighted by Gasteiger charge is 2.25. The third-order valence-electron chi connectivity index (χ3n) is 3.10. The molecule has 1 atom stereocenters. The van der Waals surface area contributed by atoms with Gasteiger partial charge in [-0.15, -0.1) is 0 Å². The fourth-order valence-corrected chi connectivity index (χ4v) is 2.57. The Balaban J connectivity index is 2.87. The largest absolute Gasteiger partial charge is 0.322 e. The van der Waals surface area contributed by atoms with Crippen molar-refractivity contribution >= 4 is 23.2 Å². The first-order valence-corrected chi connectivity index (χ1v) is 6.93. The number of hydrogen-bond donors (Lipinski definition) is 1. The number of nitrogens with two attached hydrogens (primary N) is 1. The van der Waals surface area contributed by atoms with Crippen LogP contribution in [0.4, 0.5) is 4.39 Å². The summed E-state index contributed by atoms with van der Waals surface area (Å²) < 4.78 is 13.5. The standard InChI is InChI=1S/C14H20Cl2FN/c1-9(2)5-4-6-14(3,18)10-7-13(17)12(16)8-11(10)15/h7-9H,4-6,18H2,1-3H3. The van der Waals surface area contributed by atoms with E-state index >= 15 is 0 Å². The zero-order valence-corrected chi connectivity index (χ0v) is 12.6. The smallest absolute Gasteiger partial charge is 0.142 e. The number of benzene rings is 1. The van der Waals surface area contributed by atoms with Gasteiger partial charge in [-0.1, -0.05) is 49.9 Å². The van der Waals surface area contributed by atoms with E-state index < -0.39 is 11.4 Å². The molecule has 0 heterocycles. The maximum absolute atomic E-state index is 13.5. The first-order chi connectivity index (χ1) is 8.24. The van der Waals surface area contributed by atoms with Gasteiger partial charge in [0.15, 0.2) is 0 Å². The number of halogens is 3. The maximum Gasteiger partial charge on any atom is 0.142 e. The Hall–Kier alpha value is -0.310. The van der Waals surface area contributed by atoms with Gasteiger partial charge in [0.2, 0.25) is 0 Å². The van der Waals surface area contributed by atoms with Crippen molar-refractivity contribution in [1.82, 2.24) is 0 Å². The predicted molar refractivity (Wildman–Crippen MR) is 76.6 cm³/mol. The lowest BCUT2D eigenvalue weighted by Gasteiger charge is -2.27. The maximum atomic E-state index is 13.5. The van der Waals surface area contributed by atoms with E-state index in [0.29, 0.717) is 16.5 Å². The summed E-state index contributed by atoms with van der Waals surface area (Å²) in [5, 5.41) is 0.456. The molecule has 1 aromatic carbocycles. The van der Waals surface area contributed by atoms with Crippen molar-refractivity contribution < 1.29 is 4.39 Å². The van der Waals surface area contributed by atoms with Crippen LogP contribution in [-0.4, -0.2) is 0 Å². The van der Waals surface area contributed by atoms with Gasteiger partial charge in [-0.3, -0.25) is 0 Å². The molecule has 0 saturated heterocycles. The molecule has 1 rings (SSSR count). The zero-order valence-electron chi connectivity index (χ0n) is 11.1. The van der Waals surface area contributed by atoms with Crippen molar-refractivity contribution in [3.8, 4) is 0 Å². The SMILES string of the molecule is CC(C)CCCC(C)(N)c1cc(F)c(Cl)cc1Cl. The summed E-state index contributed by atoms with van der Waals surface area (Å²) in [6.45, 7) is 6.22. The van der Waals surface area contributed by atoms with Gasteiger partial charge in [0, 0.05) is 10.6 Å². The Kier molecular flexibility index (Phi) is 5.45. The molecule has 0 aliphatic carbocycles. The van der Waals surface area contributed by atoms with Crippen LogP contribution in [0.1, 0.15) is 45.6 Å². The van der Waals surface area contributed by atoms with Crippen LogP contribution >= 0.6 is 23.2 Å². The molecule has 0 aromatic heterocycles. The second-order valence-corrected chi connectivity index (χ2v) is 6.26. The lowest BCUT2D eigenvalue weighted by atomic mass is 9.86. The molecule has 0 spiro atoms. The van der Waals surface area contributed by atoms with Crippen LogP contribution in [0.2, 0.25) is 10.0 Å². The molecule has 0 radical (unpaired) electrons. The van der Waals surface area contributed by atoms with Gasteiger partial charge in [-0.25, -0.2) is 4.39 Å². The summed E-state index contributed by atoms with van der Waals surface area (Å²) in [5.41, 5.74) is 6.24. The Morgan fingerprint density at radius 3 is 2.44 bits per heavy atom. The van der Waals surface area contributed by atoms with Gasteiger partial charge in [-0.2, -0.15) is 0 Å². The van der Waals surface area contributed by atoms with E-state index in [1.54, 1.807) is 0 Å². The molecule has 1 nitrogen and oxygen atoms in total. The van der Waals surface area contributed by atoms with Gasteiger partial charge in [0.1, 0.15) is 5.82 Å². The van der Waals surface area contributed by atoms with Crippen molar-refractivity contribution in [2.24, 2.45) is 11.7 Å². The summed E-state index contributed by atoms with van der Waals surface area (Å²) >= 11 is 11.8. The van der Waals surface area contributed by atoms with E-state index in [1.807, 2.05) is 6.92 Å². The third kappa shape index (κ3) is 4.11. The van der Waals surface area contributed by atoms with Crippen LogP contribution in [0, 0.1) is 11.7 Å².